The third-order valence-corrected chi connectivity index (χ3v) is 3.93. The molecule has 0 spiro atoms. The van der Waals surface area contributed by atoms with Gasteiger partial charge in [0.1, 0.15) is 0 Å². The second-order valence-corrected chi connectivity index (χ2v) is 5.87. The molecule has 0 aliphatic rings. The van der Waals surface area contributed by atoms with Gasteiger partial charge in [-0.3, -0.25) is 4.79 Å². The van der Waals surface area contributed by atoms with Gasteiger partial charge < -0.3 is 5.32 Å². The van der Waals surface area contributed by atoms with Crippen molar-refractivity contribution in [2.45, 2.75) is 13.3 Å². The summed E-state index contributed by atoms with van der Waals surface area (Å²) in [6.07, 6.45) is 2.12. The zero-order valence-corrected chi connectivity index (χ0v) is 11.9. The maximum atomic E-state index is 12.1. The van der Waals surface area contributed by atoms with E-state index < -0.39 is 0 Å². The zero-order valence-electron chi connectivity index (χ0n) is 11.1. The van der Waals surface area contributed by atoms with E-state index in [0.717, 1.165) is 21.2 Å². The summed E-state index contributed by atoms with van der Waals surface area (Å²) in [4.78, 5) is 17.3. The van der Waals surface area contributed by atoms with Gasteiger partial charge >= 0.3 is 0 Å². The van der Waals surface area contributed by atoms with Crippen LogP contribution in [0.4, 0.5) is 5.13 Å². The number of hydrogen-bond acceptors (Lipinski definition) is 3. The molecule has 3 rings (SSSR count). The number of anilines is 1. The summed E-state index contributed by atoms with van der Waals surface area (Å²) in [6.45, 7) is 1.97. The van der Waals surface area contributed by atoms with E-state index in [1.165, 1.54) is 11.3 Å². The molecular formula is C16H14N2OS. The molecule has 100 valence electrons. The fourth-order valence-electron chi connectivity index (χ4n) is 2.20. The summed E-state index contributed by atoms with van der Waals surface area (Å²) in [7, 11) is 0. The predicted octanol–water partition coefficient (Wildman–Crippen LogP) is 3.79. The van der Waals surface area contributed by atoms with Crippen LogP contribution in [-0.2, 0) is 11.2 Å². The molecule has 3 aromatic rings. The van der Waals surface area contributed by atoms with Crippen LogP contribution in [0.2, 0.25) is 0 Å². The molecule has 0 atom stereocenters. The summed E-state index contributed by atoms with van der Waals surface area (Å²) < 4.78 is 0. The number of nitrogens with one attached hydrogen (secondary N) is 1. The first-order chi connectivity index (χ1) is 9.72. The van der Waals surface area contributed by atoms with Crippen molar-refractivity contribution in [1.29, 1.82) is 0 Å². The van der Waals surface area contributed by atoms with Crippen LogP contribution in [0.5, 0.6) is 0 Å². The maximum Gasteiger partial charge on any atom is 0.230 e. The van der Waals surface area contributed by atoms with E-state index in [4.69, 9.17) is 0 Å². The second kappa shape index (κ2) is 5.43. The summed E-state index contributed by atoms with van der Waals surface area (Å²) >= 11 is 1.49. The van der Waals surface area contributed by atoms with Crippen LogP contribution in [0.3, 0.4) is 0 Å². The molecule has 0 aliphatic carbocycles. The Morgan fingerprint density at radius 3 is 2.80 bits per heavy atom. The molecular weight excluding hydrogens is 268 g/mol. The minimum atomic E-state index is -0.0318. The second-order valence-electron chi connectivity index (χ2n) is 4.64. The number of nitrogens with zero attached hydrogens (tertiary/aromatic N) is 1. The van der Waals surface area contributed by atoms with Gasteiger partial charge in [0.25, 0.3) is 0 Å². The van der Waals surface area contributed by atoms with Crippen molar-refractivity contribution in [3.8, 4) is 0 Å². The Morgan fingerprint density at radius 1 is 1.20 bits per heavy atom. The van der Waals surface area contributed by atoms with E-state index in [1.807, 2.05) is 37.3 Å². The fourth-order valence-corrected chi connectivity index (χ4v) is 2.88. The number of aromatic nitrogens is 1. The van der Waals surface area contributed by atoms with Crippen LogP contribution in [-0.4, -0.2) is 10.9 Å². The lowest BCUT2D eigenvalue weighted by Gasteiger charge is -2.06. The standard InChI is InChI=1S/C16H14N2OS/c1-11-10-17-16(20-11)18-15(19)9-13-7-4-6-12-5-2-3-8-14(12)13/h2-8,10H,9H2,1H3,(H,17,18,19). The van der Waals surface area contributed by atoms with E-state index >= 15 is 0 Å². The predicted molar refractivity (Wildman–Crippen MR) is 83.1 cm³/mol. The van der Waals surface area contributed by atoms with Crippen LogP contribution in [0, 0.1) is 6.92 Å². The highest BCUT2D eigenvalue weighted by atomic mass is 32.1. The van der Waals surface area contributed by atoms with Crippen LogP contribution < -0.4 is 5.32 Å². The number of carbonyl (C=O) groups is 1. The summed E-state index contributed by atoms with van der Waals surface area (Å²) in [5.74, 6) is -0.0318. The smallest absolute Gasteiger partial charge is 0.230 e. The zero-order chi connectivity index (χ0) is 13.9. The average molecular weight is 282 g/mol. The molecule has 2 aromatic carbocycles. The third kappa shape index (κ3) is 2.70. The van der Waals surface area contributed by atoms with Crippen molar-refractivity contribution in [3.05, 3.63) is 59.1 Å². The molecule has 0 saturated carbocycles. The van der Waals surface area contributed by atoms with E-state index in [2.05, 4.69) is 22.4 Å². The Bertz CT molecular complexity index is 759. The Hall–Kier alpha value is -2.20. The Balaban J connectivity index is 1.81. The molecule has 20 heavy (non-hydrogen) atoms. The normalized spacial score (nSPS) is 10.7. The van der Waals surface area contributed by atoms with Crippen molar-refractivity contribution in [3.63, 3.8) is 0 Å². The number of hydrogen-bond donors (Lipinski definition) is 1. The van der Waals surface area contributed by atoms with Gasteiger partial charge in [0, 0.05) is 11.1 Å². The lowest BCUT2D eigenvalue weighted by atomic mass is 10.0. The van der Waals surface area contributed by atoms with Crippen molar-refractivity contribution < 1.29 is 4.79 Å². The van der Waals surface area contributed by atoms with Gasteiger partial charge in [0.2, 0.25) is 5.91 Å². The van der Waals surface area contributed by atoms with Crippen molar-refractivity contribution in [1.82, 2.24) is 4.98 Å². The number of aryl methyl sites for hydroxylation is 1. The molecule has 1 N–H and O–H groups in total. The van der Waals surface area contributed by atoms with Gasteiger partial charge in [-0.2, -0.15) is 0 Å². The van der Waals surface area contributed by atoms with Gasteiger partial charge in [0.05, 0.1) is 6.42 Å². The van der Waals surface area contributed by atoms with E-state index in [9.17, 15) is 4.79 Å². The Kier molecular flexibility index (Phi) is 3.48. The van der Waals surface area contributed by atoms with E-state index in [-0.39, 0.29) is 5.91 Å². The van der Waals surface area contributed by atoms with E-state index in [1.54, 1.807) is 6.20 Å². The topological polar surface area (TPSA) is 42.0 Å². The van der Waals surface area contributed by atoms with Crippen LogP contribution in [0.15, 0.2) is 48.7 Å². The first-order valence-corrected chi connectivity index (χ1v) is 7.23. The van der Waals surface area contributed by atoms with Crippen LogP contribution in [0.1, 0.15) is 10.4 Å². The summed E-state index contributed by atoms with van der Waals surface area (Å²) in [5, 5.41) is 5.79. The SMILES string of the molecule is Cc1cnc(NC(=O)Cc2cccc3ccccc23)s1. The van der Waals surface area contributed by atoms with Crippen molar-refractivity contribution in [2.24, 2.45) is 0 Å². The third-order valence-electron chi connectivity index (χ3n) is 3.10. The average Bonchev–Trinajstić information content (AvgIpc) is 2.84. The van der Waals surface area contributed by atoms with Crippen molar-refractivity contribution in [2.75, 3.05) is 5.32 Å². The van der Waals surface area contributed by atoms with Crippen LogP contribution >= 0.6 is 11.3 Å². The fraction of sp³-hybridized carbons (Fsp3) is 0.125. The molecule has 0 unspecified atom stereocenters. The molecule has 0 saturated heterocycles. The molecule has 4 heteroatoms. The monoisotopic (exact) mass is 282 g/mol. The highest BCUT2D eigenvalue weighted by Gasteiger charge is 2.08. The number of rotatable bonds is 3. The number of thiazole rings is 1. The number of benzene rings is 2. The van der Waals surface area contributed by atoms with Gasteiger partial charge in [-0.25, -0.2) is 4.98 Å². The van der Waals surface area contributed by atoms with Gasteiger partial charge in [-0.15, -0.1) is 11.3 Å². The first kappa shape index (κ1) is 12.8. The van der Waals surface area contributed by atoms with Crippen molar-refractivity contribution >= 4 is 33.1 Å². The number of amides is 1. The molecule has 3 nitrogen and oxygen atoms in total. The minimum absolute atomic E-state index is 0.0318. The Morgan fingerprint density at radius 2 is 2.00 bits per heavy atom. The highest BCUT2D eigenvalue weighted by molar-refractivity contribution is 7.15. The summed E-state index contributed by atoms with van der Waals surface area (Å²) in [5.41, 5.74) is 1.04. The highest BCUT2D eigenvalue weighted by Crippen LogP contribution is 2.20. The Labute approximate surface area is 121 Å². The molecule has 1 heterocycles. The first-order valence-electron chi connectivity index (χ1n) is 6.41. The quantitative estimate of drug-likeness (QED) is 0.794. The minimum Gasteiger partial charge on any atom is -0.302 e. The molecule has 1 aromatic heterocycles. The number of carbonyl (C=O) groups excluding carboxylic acids is 1. The van der Waals surface area contributed by atoms with Gasteiger partial charge in [-0.05, 0) is 23.3 Å². The van der Waals surface area contributed by atoms with Crippen LogP contribution in [0.25, 0.3) is 10.8 Å². The lowest BCUT2D eigenvalue weighted by molar-refractivity contribution is -0.115. The molecule has 0 fully saturated rings. The van der Waals surface area contributed by atoms with Gasteiger partial charge in [0.15, 0.2) is 5.13 Å². The maximum absolute atomic E-state index is 12.1. The molecule has 1 amide bonds. The van der Waals surface area contributed by atoms with Gasteiger partial charge in [-0.1, -0.05) is 42.5 Å². The molecule has 0 aliphatic heterocycles. The largest absolute Gasteiger partial charge is 0.302 e. The lowest BCUT2D eigenvalue weighted by Crippen LogP contribution is -2.14. The number of fused-ring (bicyclic) bond motifs is 1. The molecule has 0 bridgehead atoms. The molecule has 0 radical (unpaired) electrons. The van der Waals surface area contributed by atoms with E-state index in [0.29, 0.717) is 11.6 Å². The summed E-state index contributed by atoms with van der Waals surface area (Å²) in [6, 6.07) is 14.1.